The van der Waals surface area contributed by atoms with E-state index in [1.165, 1.54) is 64.2 Å². The maximum absolute atomic E-state index is 7.18. The minimum atomic E-state index is 0.151. The summed E-state index contributed by atoms with van der Waals surface area (Å²) < 4.78 is 0. The number of hydrogen-bond acceptors (Lipinski definition) is 0. The molecule has 5 unspecified atom stereocenters. The second-order valence-electron chi connectivity index (χ2n) is 8.05. The summed E-state index contributed by atoms with van der Waals surface area (Å²) in [7, 11) is 7.18. The second kappa shape index (κ2) is 5.45. The minimum absolute atomic E-state index is 0.151. The molecule has 0 aliphatic heterocycles. The van der Waals surface area contributed by atoms with Crippen molar-refractivity contribution < 1.29 is 0 Å². The number of rotatable bonds is 1. The molecule has 0 aromatic carbocycles. The first-order valence-corrected chi connectivity index (χ1v) is 8.93. The van der Waals surface area contributed by atoms with Crippen molar-refractivity contribution in [3.05, 3.63) is 0 Å². The van der Waals surface area contributed by atoms with Crippen molar-refractivity contribution in [2.45, 2.75) is 83.4 Å². The van der Waals surface area contributed by atoms with Gasteiger partial charge in [-0.3, -0.25) is 0 Å². The predicted molar refractivity (Wildman–Crippen MR) is 83.4 cm³/mol. The summed E-state index contributed by atoms with van der Waals surface area (Å²) in [5, 5.41) is 0.151. The lowest BCUT2D eigenvalue weighted by molar-refractivity contribution is -0.00338. The van der Waals surface area contributed by atoms with Gasteiger partial charge in [-0.25, -0.2) is 0 Å². The molecule has 0 N–H and O–H groups in total. The van der Waals surface area contributed by atoms with Crippen LogP contribution >= 0.6 is 0 Å². The van der Waals surface area contributed by atoms with Gasteiger partial charge in [0.1, 0.15) is 0 Å². The van der Waals surface area contributed by atoms with Crippen LogP contribution in [-0.4, -0.2) is 7.85 Å². The Labute approximate surface area is 121 Å². The van der Waals surface area contributed by atoms with E-state index in [2.05, 4.69) is 13.8 Å². The highest BCUT2D eigenvalue weighted by Gasteiger charge is 2.52. The van der Waals surface area contributed by atoms with Crippen LogP contribution in [0.2, 0.25) is 5.31 Å². The minimum Gasteiger partial charge on any atom is -0.0629 e. The average molecular weight is 258 g/mol. The van der Waals surface area contributed by atoms with Crippen LogP contribution in [0.15, 0.2) is 0 Å². The van der Waals surface area contributed by atoms with Crippen LogP contribution in [0, 0.1) is 29.6 Å². The Hall–Kier alpha value is 0.0649. The molecule has 3 rings (SSSR count). The van der Waals surface area contributed by atoms with Crippen LogP contribution < -0.4 is 0 Å². The quantitative estimate of drug-likeness (QED) is 0.554. The molecule has 5 atom stereocenters. The van der Waals surface area contributed by atoms with Crippen LogP contribution in [0.3, 0.4) is 0 Å². The molecule has 0 amide bonds. The SMILES string of the molecule is [B]C1(C(C)C)C2CCCCCC2CC2CCCCC21. The Morgan fingerprint density at radius 2 is 1.26 bits per heavy atom. The van der Waals surface area contributed by atoms with Gasteiger partial charge in [0.05, 0.1) is 7.85 Å². The molecule has 0 aromatic heterocycles. The largest absolute Gasteiger partial charge is 0.0757 e. The lowest BCUT2D eigenvalue weighted by atomic mass is 9.39. The van der Waals surface area contributed by atoms with Gasteiger partial charge in [-0.05, 0) is 36.0 Å². The molecule has 2 radical (unpaired) electrons. The van der Waals surface area contributed by atoms with Crippen LogP contribution in [0.5, 0.6) is 0 Å². The Kier molecular flexibility index (Phi) is 4.02. The van der Waals surface area contributed by atoms with Gasteiger partial charge in [0.25, 0.3) is 0 Å². The topological polar surface area (TPSA) is 0 Å². The summed E-state index contributed by atoms with van der Waals surface area (Å²) in [4.78, 5) is 0. The van der Waals surface area contributed by atoms with Crippen LogP contribution in [0.1, 0.15) is 78.1 Å². The molecular formula is C18H31B. The molecule has 19 heavy (non-hydrogen) atoms. The van der Waals surface area contributed by atoms with Gasteiger partial charge in [-0.15, -0.1) is 0 Å². The van der Waals surface area contributed by atoms with Gasteiger partial charge >= 0.3 is 0 Å². The molecule has 1 heteroatoms. The van der Waals surface area contributed by atoms with E-state index in [9.17, 15) is 0 Å². The molecule has 3 aliphatic carbocycles. The third-order valence-corrected chi connectivity index (χ3v) is 6.96. The first-order valence-electron chi connectivity index (χ1n) is 8.93. The van der Waals surface area contributed by atoms with E-state index in [1.54, 1.807) is 0 Å². The molecule has 3 fully saturated rings. The third kappa shape index (κ3) is 2.30. The molecule has 0 spiro atoms. The van der Waals surface area contributed by atoms with Crippen LogP contribution in [0.25, 0.3) is 0 Å². The fraction of sp³-hybridized carbons (Fsp3) is 1.00. The zero-order chi connectivity index (χ0) is 13.5. The molecule has 0 bridgehead atoms. The van der Waals surface area contributed by atoms with Crippen molar-refractivity contribution in [1.82, 2.24) is 0 Å². The van der Waals surface area contributed by atoms with Crippen LogP contribution in [-0.2, 0) is 0 Å². The lowest BCUT2D eigenvalue weighted by Crippen LogP contribution is -2.48. The van der Waals surface area contributed by atoms with Crippen molar-refractivity contribution >= 4 is 7.85 Å². The number of hydrogen-bond donors (Lipinski definition) is 0. The summed E-state index contributed by atoms with van der Waals surface area (Å²) >= 11 is 0. The molecule has 0 nitrogen and oxygen atoms in total. The third-order valence-electron chi connectivity index (χ3n) is 6.96. The Balaban J connectivity index is 1.93. The van der Waals surface area contributed by atoms with Crippen LogP contribution in [0.4, 0.5) is 0 Å². The fourth-order valence-electron chi connectivity index (χ4n) is 5.99. The van der Waals surface area contributed by atoms with Gasteiger partial charge < -0.3 is 0 Å². The summed E-state index contributed by atoms with van der Waals surface area (Å²) in [5.41, 5.74) is 0. The van der Waals surface area contributed by atoms with Crippen molar-refractivity contribution in [2.24, 2.45) is 29.6 Å². The molecule has 0 aromatic rings. The Bertz CT molecular complexity index is 311. The molecule has 0 saturated heterocycles. The van der Waals surface area contributed by atoms with E-state index in [4.69, 9.17) is 7.85 Å². The highest BCUT2D eigenvalue weighted by molar-refractivity contribution is 6.16. The van der Waals surface area contributed by atoms with Gasteiger partial charge in [0, 0.05) is 0 Å². The van der Waals surface area contributed by atoms with Crippen molar-refractivity contribution in [3.8, 4) is 0 Å². The Morgan fingerprint density at radius 3 is 1.84 bits per heavy atom. The standard InChI is InChI=1S/C18H31B/c1-13(2)18(19)16-10-5-3-4-8-14(16)12-15-9-6-7-11-17(15)18/h13-17H,3-12H2,1-2H3. The van der Waals surface area contributed by atoms with E-state index in [0.717, 1.165) is 23.7 Å². The summed E-state index contributed by atoms with van der Waals surface area (Å²) in [5.74, 6) is 4.23. The highest BCUT2D eigenvalue weighted by atomic mass is 14.6. The van der Waals surface area contributed by atoms with E-state index in [-0.39, 0.29) is 5.31 Å². The predicted octanol–water partition coefficient (Wildman–Crippen LogP) is 5.38. The van der Waals surface area contributed by atoms with E-state index >= 15 is 0 Å². The number of fused-ring (bicyclic) bond motifs is 2. The highest BCUT2D eigenvalue weighted by Crippen LogP contribution is 2.64. The van der Waals surface area contributed by atoms with E-state index < -0.39 is 0 Å². The molecule has 106 valence electrons. The second-order valence-corrected chi connectivity index (χ2v) is 8.05. The van der Waals surface area contributed by atoms with Crippen molar-refractivity contribution in [3.63, 3.8) is 0 Å². The first-order chi connectivity index (χ1) is 9.14. The van der Waals surface area contributed by atoms with Gasteiger partial charge in [0.15, 0.2) is 0 Å². The van der Waals surface area contributed by atoms with Crippen molar-refractivity contribution in [2.75, 3.05) is 0 Å². The maximum atomic E-state index is 7.18. The average Bonchev–Trinajstić information content (AvgIpc) is 2.64. The maximum Gasteiger partial charge on any atom is 0.0757 e. The molecule has 3 aliphatic rings. The van der Waals surface area contributed by atoms with Gasteiger partial charge in [-0.1, -0.05) is 76.9 Å². The van der Waals surface area contributed by atoms with E-state index in [1.807, 2.05) is 0 Å². The molecular weight excluding hydrogens is 227 g/mol. The van der Waals surface area contributed by atoms with Gasteiger partial charge in [0.2, 0.25) is 0 Å². The van der Waals surface area contributed by atoms with E-state index in [0.29, 0.717) is 5.92 Å². The van der Waals surface area contributed by atoms with Crippen molar-refractivity contribution in [1.29, 1.82) is 0 Å². The smallest absolute Gasteiger partial charge is 0.0629 e. The zero-order valence-electron chi connectivity index (χ0n) is 13.0. The zero-order valence-corrected chi connectivity index (χ0v) is 13.0. The fourth-order valence-corrected chi connectivity index (χ4v) is 5.99. The lowest BCUT2D eigenvalue weighted by Gasteiger charge is -2.59. The molecule has 3 saturated carbocycles. The summed E-state index contributed by atoms with van der Waals surface area (Å²) in [6, 6.07) is 0. The summed E-state index contributed by atoms with van der Waals surface area (Å²) in [6.07, 6.45) is 14.6. The molecule has 0 heterocycles. The van der Waals surface area contributed by atoms with Gasteiger partial charge in [-0.2, -0.15) is 0 Å². The first kappa shape index (κ1) is 14.0. The Morgan fingerprint density at radius 1 is 0.789 bits per heavy atom. The monoisotopic (exact) mass is 258 g/mol. The summed E-state index contributed by atoms with van der Waals surface area (Å²) in [6.45, 7) is 4.80. The normalized spacial score (nSPS) is 47.3.